The maximum atomic E-state index is 8.62. The Labute approximate surface area is 102 Å². The molecule has 1 aromatic carbocycles. The predicted octanol–water partition coefficient (Wildman–Crippen LogP) is 4.23. The minimum absolute atomic E-state index is 0.169. The van der Waals surface area contributed by atoms with E-state index in [9.17, 15) is 0 Å². The van der Waals surface area contributed by atoms with Crippen molar-refractivity contribution >= 4 is 46.4 Å². The maximum Gasteiger partial charge on any atom is 0.207 e. The fourth-order valence-corrected chi connectivity index (χ4v) is 1.71. The molecule has 0 spiro atoms. The zero-order valence-electron chi connectivity index (χ0n) is 6.90. The summed E-state index contributed by atoms with van der Waals surface area (Å²) >= 11 is 22.9. The van der Waals surface area contributed by atoms with Crippen LogP contribution in [0.25, 0.3) is 0 Å². The average molecular weight is 269 g/mol. The van der Waals surface area contributed by atoms with Gasteiger partial charge in [-0.25, -0.2) is 0 Å². The summed E-state index contributed by atoms with van der Waals surface area (Å²) in [5, 5.41) is 9.61. The first-order chi connectivity index (χ1) is 6.44. The minimum atomic E-state index is -1.45. The fourth-order valence-electron chi connectivity index (χ4n) is 0.944. The molecule has 0 aliphatic rings. The molecular formula is C9H5Cl4N. The summed E-state index contributed by atoms with van der Waals surface area (Å²) < 4.78 is -1.45. The Hall–Kier alpha value is -0.130. The molecule has 0 radical (unpaired) electrons. The first-order valence-electron chi connectivity index (χ1n) is 3.67. The van der Waals surface area contributed by atoms with Crippen molar-refractivity contribution < 1.29 is 0 Å². The summed E-state index contributed by atoms with van der Waals surface area (Å²) in [6.45, 7) is 0. The van der Waals surface area contributed by atoms with Crippen LogP contribution in [0.3, 0.4) is 0 Å². The van der Waals surface area contributed by atoms with E-state index in [1.807, 2.05) is 0 Å². The summed E-state index contributed by atoms with van der Waals surface area (Å²) in [7, 11) is 0. The Morgan fingerprint density at radius 1 is 1.29 bits per heavy atom. The molecule has 0 atom stereocenters. The zero-order valence-corrected chi connectivity index (χ0v) is 9.92. The second-order valence-electron chi connectivity index (χ2n) is 2.73. The van der Waals surface area contributed by atoms with Crippen LogP contribution < -0.4 is 0 Å². The van der Waals surface area contributed by atoms with Gasteiger partial charge >= 0.3 is 0 Å². The van der Waals surface area contributed by atoms with Crippen LogP contribution in [0, 0.1) is 11.3 Å². The van der Waals surface area contributed by atoms with Gasteiger partial charge in [0.05, 0.1) is 0 Å². The molecule has 5 heteroatoms. The average Bonchev–Trinajstić information content (AvgIpc) is 2.10. The lowest BCUT2D eigenvalue weighted by Gasteiger charge is -2.11. The van der Waals surface area contributed by atoms with Gasteiger partial charge in [0, 0.05) is 16.5 Å². The van der Waals surface area contributed by atoms with E-state index in [0.717, 1.165) is 0 Å². The van der Waals surface area contributed by atoms with Crippen molar-refractivity contribution in [3.05, 3.63) is 33.8 Å². The number of benzene rings is 1. The summed E-state index contributed by atoms with van der Waals surface area (Å²) in [4.78, 5) is 0. The van der Waals surface area contributed by atoms with E-state index in [2.05, 4.69) is 0 Å². The quantitative estimate of drug-likeness (QED) is 0.737. The van der Waals surface area contributed by atoms with E-state index in [1.165, 1.54) is 0 Å². The Morgan fingerprint density at radius 2 is 1.93 bits per heavy atom. The molecule has 0 amide bonds. The van der Waals surface area contributed by atoms with Gasteiger partial charge in [-0.2, -0.15) is 5.26 Å². The monoisotopic (exact) mass is 267 g/mol. The van der Waals surface area contributed by atoms with Crippen LogP contribution in [0.2, 0.25) is 10.0 Å². The van der Waals surface area contributed by atoms with E-state index in [1.54, 1.807) is 24.3 Å². The van der Waals surface area contributed by atoms with E-state index in [0.29, 0.717) is 15.6 Å². The largest absolute Gasteiger partial charge is 0.207 e. The maximum absolute atomic E-state index is 8.62. The normalized spacial score (nSPS) is 11.1. The lowest BCUT2D eigenvalue weighted by Crippen LogP contribution is -2.13. The summed E-state index contributed by atoms with van der Waals surface area (Å²) in [6, 6.07) is 6.72. The zero-order chi connectivity index (χ0) is 10.8. The van der Waals surface area contributed by atoms with Crippen molar-refractivity contribution in [1.82, 2.24) is 0 Å². The molecule has 0 saturated carbocycles. The van der Waals surface area contributed by atoms with Gasteiger partial charge in [-0.1, -0.05) is 52.5 Å². The number of alkyl halides is 2. The van der Waals surface area contributed by atoms with Crippen LogP contribution in [0.1, 0.15) is 5.56 Å². The predicted molar refractivity (Wildman–Crippen MR) is 60.2 cm³/mol. The molecule has 0 bridgehead atoms. The Morgan fingerprint density at radius 3 is 2.43 bits per heavy atom. The third kappa shape index (κ3) is 3.22. The molecule has 0 N–H and O–H groups in total. The van der Waals surface area contributed by atoms with Crippen LogP contribution in [-0.4, -0.2) is 4.33 Å². The summed E-state index contributed by atoms with van der Waals surface area (Å²) in [5.74, 6) is 0. The second-order valence-corrected chi connectivity index (χ2v) is 5.06. The minimum Gasteiger partial charge on any atom is -0.195 e. The van der Waals surface area contributed by atoms with Gasteiger partial charge < -0.3 is 0 Å². The third-order valence-corrected chi connectivity index (χ3v) is 2.61. The summed E-state index contributed by atoms with van der Waals surface area (Å²) in [5.41, 5.74) is 0.697. The number of rotatable bonds is 2. The summed E-state index contributed by atoms with van der Waals surface area (Å²) in [6.07, 6.45) is 0.169. The first kappa shape index (κ1) is 11.9. The lowest BCUT2D eigenvalue weighted by molar-refractivity contribution is 0.946. The molecule has 0 aromatic heterocycles. The number of nitrogens with zero attached hydrogens (tertiary/aromatic N) is 1. The van der Waals surface area contributed by atoms with E-state index in [-0.39, 0.29) is 6.42 Å². The standard InChI is InChI=1S/C9H5Cl4N/c10-7-2-1-6(8(11)3-7)4-9(12,13)5-14/h1-3H,4H2. The van der Waals surface area contributed by atoms with Crippen LogP contribution in [0.5, 0.6) is 0 Å². The van der Waals surface area contributed by atoms with Gasteiger partial charge in [0.2, 0.25) is 4.33 Å². The lowest BCUT2D eigenvalue weighted by atomic mass is 10.1. The molecule has 0 saturated heterocycles. The van der Waals surface area contributed by atoms with Crippen molar-refractivity contribution in [3.63, 3.8) is 0 Å². The first-order valence-corrected chi connectivity index (χ1v) is 5.19. The highest BCUT2D eigenvalue weighted by Gasteiger charge is 2.24. The fraction of sp³-hybridized carbons (Fsp3) is 0.222. The molecule has 1 aromatic rings. The van der Waals surface area contributed by atoms with Crippen molar-refractivity contribution in [2.75, 3.05) is 0 Å². The van der Waals surface area contributed by atoms with E-state index < -0.39 is 4.33 Å². The smallest absolute Gasteiger partial charge is 0.195 e. The molecule has 0 fully saturated rings. The number of halogens is 4. The van der Waals surface area contributed by atoms with Gasteiger partial charge in [0.25, 0.3) is 0 Å². The van der Waals surface area contributed by atoms with Gasteiger partial charge in [-0.3, -0.25) is 0 Å². The molecule has 1 rings (SSSR count). The van der Waals surface area contributed by atoms with Gasteiger partial charge in [0.1, 0.15) is 6.07 Å². The van der Waals surface area contributed by atoms with Crippen LogP contribution in [-0.2, 0) is 6.42 Å². The molecule has 0 aliphatic carbocycles. The molecule has 0 unspecified atom stereocenters. The van der Waals surface area contributed by atoms with Crippen molar-refractivity contribution in [3.8, 4) is 6.07 Å². The molecular weight excluding hydrogens is 264 g/mol. The Bertz CT molecular complexity index is 381. The molecule has 0 heterocycles. The van der Waals surface area contributed by atoms with Crippen molar-refractivity contribution in [2.45, 2.75) is 10.8 Å². The van der Waals surface area contributed by atoms with Crippen molar-refractivity contribution in [2.24, 2.45) is 0 Å². The highest BCUT2D eigenvalue weighted by atomic mass is 35.5. The molecule has 1 nitrogen and oxygen atoms in total. The Kier molecular flexibility index (Phi) is 3.92. The van der Waals surface area contributed by atoms with Gasteiger partial charge in [0.15, 0.2) is 0 Å². The molecule has 74 valence electrons. The number of hydrogen-bond acceptors (Lipinski definition) is 1. The van der Waals surface area contributed by atoms with Crippen LogP contribution >= 0.6 is 46.4 Å². The van der Waals surface area contributed by atoms with Crippen LogP contribution in [0.4, 0.5) is 0 Å². The highest BCUT2D eigenvalue weighted by Crippen LogP contribution is 2.29. The molecule has 0 aliphatic heterocycles. The molecule has 14 heavy (non-hydrogen) atoms. The highest BCUT2D eigenvalue weighted by molar-refractivity contribution is 6.50. The van der Waals surface area contributed by atoms with Gasteiger partial charge in [-0.15, -0.1) is 0 Å². The second kappa shape index (κ2) is 4.59. The SMILES string of the molecule is N#CC(Cl)(Cl)Cc1ccc(Cl)cc1Cl. The van der Waals surface area contributed by atoms with E-state index >= 15 is 0 Å². The number of nitriles is 1. The van der Waals surface area contributed by atoms with Crippen LogP contribution in [0.15, 0.2) is 18.2 Å². The number of hydrogen-bond donors (Lipinski definition) is 0. The Balaban J connectivity index is 2.94. The van der Waals surface area contributed by atoms with Crippen molar-refractivity contribution in [1.29, 1.82) is 5.26 Å². The van der Waals surface area contributed by atoms with Gasteiger partial charge in [-0.05, 0) is 17.7 Å². The third-order valence-electron chi connectivity index (χ3n) is 1.59. The topological polar surface area (TPSA) is 23.8 Å². The van der Waals surface area contributed by atoms with E-state index in [4.69, 9.17) is 51.7 Å².